The summed E-state index contributed by atoms with van der Waals surface area (Å²) in [4.78, 5) is 2.32. The summed E-state index contributed by atoms with van der Waals surface area (Å²) in [5.74, 6) is 0.647. The van der Waals surface area contributed by atoms with E-state index in [0.29, 0.717) is 12.0 Å². The summed E-state index contributed by atoms with van der Waals surface area (Å²) >= 11 is 3.66. The Morgan fingerprint density at radius 3 is 2.04 bits per heavy atom. The van der Waals surface area contributed by atoms with Crippen LogP contribution in [-0.4, -0.2) is 19.0 Å². The zero-order valence-electron chi connectivity index (χ0n) is 15.5. The van der Waals surface area contributed by atoms with Gasteiger partial charge < -0.3 is 19.8 Å². The smallest absolute Gasteiger partial charge is 0.358 e. The van der Waals surface area contributed by atoms with Crippen molar-refractivity contribution in [3.63, 3.8) is 0 Å². The maximum absolute atomic E-state index is 3.66. The first-order valence-electron chi connectivity index (χ1n) is 7.92. The van der Waals surface area contributed by atoms with Crippen LogP contribution in [-0.2, 0) is 17.1 Å². The van der Waals surface area contributed by atoms with Gasteiger partial charge >= 0.3 is 17.1 Å². The van der Waals surface area contributed by atoms with Crippen molar-refractivity contribution >= 4 is 15.9 Å². The summed E-state index contributed by atoms with van der Waals surface area (Å²) < 4.78 is 1.22. The zero-order valence-corrected chi connectivity index (χ0v) is 18.2. The van der Waals surface area contributed by atoms with E-state index >= 15 is 0 Å². The van der Waals surface area contributed by atoms with Gasteiger partial charge in [-0.1, -0.05) is 58.4 Å². The van der Waals surface area contributed by atoms with Gasteiger partial charge in [0.05, 0.1) is 0 Å². The normalized spacial score (nSPS) is 18.8. The van der Waals surface area contributed by atoms with Crippen LogP contribution in [0.3, 0.4) is 0 Å². The van der Waals surface area contributed by atoms with Crippen LogP contribution in [0.15, 0.2) is 53.0 Å². The average molecular weight is 434 g/mol. The molecule has 0 amide bonds. The third-order valence-electron chi connectivity index (χ3n) is 4.14. The Morgan fingerprint density at radius 1 is 1.00 bits per heavy atom. The van der Waals surface area contributed by atoms with Crippen LogP contribution in [0.1, 0.15) is 43.7 Å². The largest absolute Gasteiger partial charge is 2.00 e. The standard InChI is InChI=1S/C14H18BrN.C5H8.2CH3.Fe/c1-16(2)14(11-7-3-4-8-11)12-9-5-6-10-13(12)15;1-2-4-5-3-1;;;/h3,5-7,9-11,14H,4,8H2,1-2H3;1-2H,3-5H2;2*1H3;/q;;2*-1;+2/t11-,14?;;;;/m0..../s1. The second-order valence-corrected chi connectivity index (χ2v) is 6.86. The quantitative estimate of drug-likeness (QED) is 0.293. The number of rotatable bonds is 3. The van der Waals surface area contributed by atoms with Gasteiger partial charge in [-0.3, -0.25) is 0 Å². The van der Waals surface area contributed by atoms with Crippen LogP contribution < -0.4 is 0 Å². The average Bonchev–Trinajstić information content (AvgIpc) is 3.16. The molecule has 0 bridgehead atoms. The van der Waals surface area contributed by atoms with Crippen molar-refractivity contribution in [3.8, 4) is 0 Å². The predicted octanol–water partition coefficient (Wildman–Crippen LogP) is 6.64. The van der Waals surface area contributed by atoms with E-state index in [1.807, 2.05) is 0 Å². The Hall–Kier alpha value is -0.341. The van der Waals surface area contributed by atoms with E-state index in [4.69, 9.17) is 0 Å². The van der Waals surface area contributed by atoms with E-state index < -0.39 is 0 Å². The minimum Gasteiger partial charge on any atom is -0.358 e. The summed E-state index contributed by atoms with van der Waals surface area (Å²) in [6, 6.07) is 9.03. The van der Waals surface area contributed by atoms with E-state index in [0.717, 1.165) is 0 Å². The molecule has 2 atom stereocenters. The minimum absolute atomic E-state index is 0. The first-order chi connectivity index (χ1) is 10.2. The summed E-state index contributed by atoms with van der Waals surface area (Å²) in [6.07, 6.45) is 15.7. The third kappa shape index (κ3) is 7.70. The Balaban J connectivity index is 0. The molecular weight excluding hydrogens is 402 g/mol. The predicted molar refractivity (Wildman–Crippen MR) is 108 cm³/mol. The van der Waals surface area contributed by atoms with E-state index in [-0.39, 0.29) is 31.9 Å². The monoisotopic (exact) mass is 433 g/mol. The fraction of sp³-hybridized carbons (Fsp3) is 0.429. The van der Waals surface area contributed by atoms with Crippen LogP contribution in [0, 0.1) is 20.8 Å². The molecule has 0 aliphatic heterocycles. The fourth-order valence-corrected chi connectivity index (χ4v) is 3.63. The maximum atomic E-state index is 3.66. The van der Waals surface area contributed by atoms with Gasteiger partial charge in [-0.25, -0.2) is 0 Å². The molecule has 1 nitrogen and oxygen atoms in total. The molecule has 3 rings (SSSR count). The molecule has 0 spiro atoms. The molecule has 0 fully saturated rings. The number of hydrogen-bond donors (Lipinski definition) is 0. The molecule has 0 saturated carbocycles. The zero-order chi connectivity index (χ0) is 15.1. The van der Waals surface area contributed by atoms with Crippen LogP contribution in [0.25, 0.3) is 0 Å². The molecule has 24 heavy (non-hydrogen) atoms. The fourth-order valence-electron chi connectivity index (χ4n) is 3.12. The maximum Gasteiger partial charge on any atom is 2.00 e. The van der Waals surface area contributed by atoms with Crippen LogP contribution in [0.2, 0.25) is 0 Å². The van der Waals surface area contributed by atoms with Gasteiger partial charge in [0, 0.05) is 10.5 Å². The van der Waals surface area contributed by atoms with Crippen molar-refractivity contribution in [2.24, 2.45) is 5.92 Å². The van der Waals surface area contributed by atoms with Crippen molar-refractivity contribution < 1.29 is 17.1 Å². The molecule has 1 aromatic rings. The van der Waals surface area contributed by atoms with Gasteiger partial charge in [-0.05, 0) is 63.7 Å². The summed E-state index contributed by atoms with van der Waals surface area (Å²) in [7, 11) is 4.33. The van der Waals surface area contributed by atoms with Gasteiger partial charge in [-0.15, -0.1) is 0 Å². The van der Waals surface area contributed by atoms with Gasteiger partial charge in [0.25, 0.3) is 0 Å². The van der Waals surface area contributed by atoms with E-state index in [2.05, 4.69) is 83.5 Å². The molecule has 0 radical (unpaired) electrons. The molecule has 3 heteroatoms. The van der Waals surface area contributed by atoms with Crippen LogP contribution in [0.4, 0.5) is 0 Å². The van der Waals surface area contributed by atoms with Gasteiger partial charge in [-0.2, -0.15) is 0 Å². The Labute approximate surface area is 169 Å². The molecule has 2 aliphatic rings. The van der Waals surface area contributed by atoms with Crippen LogP contribution in [0.5, 0.6) is 0 Å². The minimum atomic E-state index is 0. The molecule has 1 aromatic carbocycles. The van der Waals surface area contributed by atoms with Gasteiger partial charge in [0.15, 0.2) is 0 Å². The Bertz CT molecular complexity index is 490. The number of allylic oxidation sites excluding steroid dienone is 3. The van der Waals surface area contributed by atoms with Crippen molar-refractivity contribution in [2.75, 3.05) is 14.1 Å². The van der Waals surface area contributed by atoms with Gasteiger partial charge in [0.2, 0.25) is 0 Å². The van der Waals surface area contributed by atoms with E-state index in [9.17, 15) is 0 Å². The molecule has 0 saturated heterocycles. The number of halogens is 1. The van der Waals surface area contributed by atoms with Crippen molar-refractivity contribution in [2.45, 2.75) is 38.1 Å². The first-order valence-corrected chi connectivity index (χ1v) is 8.72. The van der Waals surface area contributed by atoms with Crippen LogP contribution >= 0.6 is 15.9 Å². The number of hydrogen-bond acceptors (Lipinski definition) is 1. The van der Waals surface area contributed by atoms with E-state index in [1.54, 1.807) is 0 Å². The summed E-state index contributed by atoms with van der Waals surface area (Å²) in [5, 5.41) is 0. The molecule has 2 aliphatic carbocycles. The van der Waals surface area contributed by atoms with Crippen molar-refractivity contribution in [1.82, 2.24) is 4.90 Å². The molecule has 136 valence electrons. The topological polar surface area (TPSA) is 3.24 Å². The van der Waals surface area contributed by atoms with E-state index in [1.165, 1.54) is 42.1 Å². The first kappa shape index (κ1) is 25.9. The number of nitrogens with zero attached hydrogens (tertiary/aromatic N) is 1. The number of benzene rings is 1. The van der Waals surface area contributed by atoms with Gasteiger partial charge in [0.1, 0.15) is 0 Å². The Kier molecular flexibility index (Phi) is 15.0. The second-order valence-electron chi connectivity index (χ2n) is 6.00. The summed E-state index contributed by atoms with van der Waals surface area (Å²) in [5.41, 5.74) is 1.39. The molecule has 1 unspecified atom stereocenters. The molecule has 0 heterocycles. The Morgan fingerprint density at radius 2 is 1.62 bits per heavy atom. The molecule has 0 N–H and O–H groups in total. The van der Waals surface area contributed by atoms with Crippen molar-refractivity contribution in [1.29, 1.82) is 0 Å². The van der Waals surface area contributed by atoms with Crippen molar-refractivity contribution in [3.05, 3.63) is 73.5 Å². The SMILES string of the molecule is C1=CCCC1.CN(C)C(c1ccccc1Br)[C@H]1C=CCC1.[CH3-].[CH3-].[Fe+2]. The second kappa shape index (κ2) is 13.9. The molecule has 0 aromatic heterocycles. The molecular formula is C21H32BrFeN. The third-order valence-corrected chi connectivity index (χ3v) is 4.87. The summed E-state index contributed by atoms with van der Waals surface area (Å²) in [6.45, 7) is 0.